The van der Waals surface area contributed by atoms with Gasteiger partial charge >= 0.3 is 0 Å². The van der Waals surface area contributed by atoms with E-state index in [0.29, 0.717) is 29.2 Å². The molecule has 0 atom stereocenters. The molecule has 0 amide bonds. The van der Waals surface area contributed by atoms with E-state index in [4.69, 9.17) is 20.4 Å². The first-order valence-electron chi connectivity index (χ1n) is 5.97. The monoisotopic (exact) mass is 274 g/mol. The third-order valence-electron chi connectivity index (χ3n) is 2.95. The van der Waals surface area contributed by atoms with E-state index >= 15 is 0 Å². The SMILES string of the molecule is O=C(CCc1ccco1)c1cc2cccc(Cl)c2o1. The van der Waals surface area contributed by atoms with Gasteiger partial charge in [0.05, 0.1) is 11.3 Å². The minimum Gasteiger partial charge on any atom is -0.469 e. The summed E-state index contributed by atoms with van der Waals surface area (Å²) in [5.41, 5.74) is 0.561. The molecule has 0 bridgehead atoms. The summed E-state index contributed by atoms with van der Waals surface area (Å²) in [6.07, 6.45) is 2.52. The molecule has 3 nitrogen and oxygen atoms in total. The quantitative estimate of drug-likeness (QED) is 0.658. The molecule has 0 saturated carbocycles. The summed E-state index contributed by atoms with van der Waals surface area (Å²) >= 11 is 6.01. The predicted molar refractivity (Wildman–Crippen MR) is 72.6 cm³/mol. The molecule has 2 aromatic heterocycles. The number of aryl methyl sites for hydroxylation is 1. The van der Waals surface area contributed by atoms with Crippen molar-refractivity contribution in [2.75, 3.05) is 0 Å². The number of benzene rings is 1. The van der Waals surface area contributed by atoms with Crippen molar-refractivity contribution in [1.29, 1.82) is 0 Å². The number of ketones is 1. The van der Waals surface area contributed by atoms with E-state index in [1.54, 1.807) is 24.5 Å². The van der Waals surface area contributed by atoms with Crippen LogP contribution in [0.25, 0.3) is 11.0 Å². The molecular weight excluding hydrogens is 264 g/mol. The number of carbonyl (C=O) groups excluding carboxylic acids is 1. The van der Waals surface area contributed by atoms with Gasteiger partial charge in [-0.15, -0.1) is 0 Å². The smallest absolute Gasteiger partial charge is 0.198 e. The van der Waals surface area contributed by atoms with Crippen LogP contribution in [0.4, 0.5) is 0 Å². The van der Waals surface area contributed by atoms with Crippen LogP contribution in [0.5, 0.6) is 0 Å². The fourth-order valence-corrected chi connectivity index (χ4v) is 2.20. The topological polar surface area (TPSA) is 43.4 Å². The van der Waals surface area contributed by atoms with Gasteiger partial charge in [0.15, 0.2) is 17.1 Å². The molecule has 0 spiro atoms. The lowest BCUT2D eigenvalue weighted by atomic mass is 10.1. The average Bonchev–Trinajstić information content (AvgIpc) is 3.05. The van der Waals surface area contributed by atoms with E-state index < -0.39 is 0 Å². The molecule has 19 heavy (non-hydrogen) atoms. The minimum atomic E-state index is -0.0522. The molecule has 0 unspecified atom stereocenters. The average molecular weight is 275 g/mol. The molecule has 0 N–H and O–H groups in total. The van der Waals surface area contributed by atoms with Crippen LogP contribution < -0.4 is 0 Å². The summed E-state index contributed by atoms with van der Waals surface area (Å²) in [7, 11) is 0. The maximum atomic E-state index is 12.0. The fraction of sp³-hybridized carbons (Fsp3) is 0.133. The van der Waals surface area contributed by atoms with Crippen molar-refractivity contribution in [1.82, 2.24) is 0 Å². The lowest BCUT2D eigenvalue weighted by Crippen LogP contribution is -1.98. The first-order valence-corrected chi connectivity index (χ1v) is 6.35. The van der Waals surface area contributed by atoms with E-state index in [9.17, 15) is 4.79 Å². The van der Waals surface area contributed by atoms with Crippen molar-refractivity contribution in [3.8, 4) is 0 Å². The highest BCUT2D eigenvalue weighted by Crippen LogP contribution is 2.27. The number of Topliss-reactive ketones (excluding diaryl/α,β-unsaturated/α-hetero) is 1. The molecule has 96 valence electrons. The molecule has 4 heteroatoms. The van der Waals surface area contributed by atoms with Crippen LogP contribution in [-0.4, -0.2) is 5.78 Å². The van der Waals surface area contributed by atoms with Crippen molar-refractivity contribution < 1.29 is 13.6 Å². The van der Waals surface area contributed by atoms with Crippen molar-refractivity contribution in [2.24, 2.45) is 0 Å². The molecule has 0 aliphatic heterocycles. The second kappa shape index (κ2) is 4.94. The zero-order valence-electron chi connectivity index (χ0n) is 10.1. The predicted octanol–water partition coefficient (Wildman–Crippen LogP) is 4.49. The van der Waals surface area contributed by atoms with Gasteiger partial charge in [0.2, 0.25) is 0 Å². The zero-order valence-corrected chi connectivity index (χ0v) is 10.8. The van der Waals surface area contributed by atoms with Gasteiger partial charge in [-0.3, -0.25) is 4.79 Å². The number of para-hydroxylation sites is 1. The number of hydrogen-bond donors (Lipinski definition) is 0. The molecular formula is C15H11ClO3. The Balaban J connectivity index is 1.80. The lowest BCUT2D eigenvalue weighted by molar-refractivity contribution is 0.0956. The fourth-order valence-electron chi connectivity index (χ4n) is 1.98. The third kappa shape index (κ3) is 2.42. The van der Waals surface area contributed by atoms with E-state index in [2.05, 4.69) is 0 Å². The van der Waals surface area contributed by atoms with Crippen LogP contribution in [0.15, 0.2) is 51.5 Å². The Hall–Kier alpha value is -2.00. The summed E-state index contributed by atoms with van der Waals surface area (Å²) in [5, 5.41) is 1.36. The molecule has 0 aliphatic carbocycles. The van der Waals surface area contributed by atoms with Gasteiger partial charge in [-0.1, -0.05) is 23.7 Å². The first-order chi connectivity index (χ1) is 9.24. The Bertz CT molecular complexity index is 710. The van der Waals surface area contributed by atoms with Gasteiger partial charge in [-0.05, 0) is 24.3 Å². The van der Waals surface area contributed by atoms with Crippen LogP contribution >= 0.6 is 11.6 Å². The molecule has 0 aliphatic rings. The molecule has 0 saturated heterocycles. The molecule has 3 aromatic rings. The Morgan fingerprint density at radius 2 is 2.11 bits per heavy atom. The van der Waals surface area contributed by atoms with Crippen molar-refractivity contribution in [2.45, 2.75) is 12.8 Å². The van der Waals surface area contributed by atoms with Crippen LogP contribution in [0.1, 0.15) is 22.7 Å². The minimum absolute atomic E-state index is 0.0522. The number of carbonyl (C=O) groups is 1. The number of halogens is 1. The van der Waals surface area contributed by atoms with Crippen molar-refractivity contribution in [3.63, 3.8) is 0 Å². The largest absolute Gasteiger partial charge is 0.469 e. The van der Waals surface area contributed by atoms with E-state index in [1.165, 1.54) is 0 Å². The number of rotatable bonds is 4. The van der Waals surface area contributed by atoms with E-state index in [0.717, 1.165) is 11.1 Å². The van der Waals surface area contributed by atoms with E-state index in [-0.39, 0.29) is 5.78 Å². The van der Waals surface area contributed by atoms with Crippen LogP contribution in [0.3, 0.4) is 0 Å². The summed E-state index contributed by atoms with van der Waals surface area (Å²) < 4.78 is 10.7. The lowest BCUT2D eigenvalue weighted by Gasteiger charge is -1.95. The number of hydrogen-bond acceptors (Lipinski definition) is 3. The second-order valence-electron chi connectivity index (χ2n) is 4.27. The number of fused-ring (bicyclic) bond motifs is 1. The first kappa shape index (κ1) is 12.1. The van der Waals surface area contributed by atoms with Gasteiger partial charge < -0.3 is 8.83 Å². The normalized spacial score (nSPS) is 11.0. The van der Waals surface area contributed by atoms with Gasteiger partial charge in [-0.2, -0.15) is 0 Å². The summed E-state index contributed by atoms with van der Waals surface area (Å²) in [6, 6.07) is 10.8. The Labute approximate surface area is 114 Å². The highest BCUT2D eigenvalue weighted by Gasteiger charge is 2.14. The summed E-state index contributed by atoms with van der Waals surface area (Å²) in [5.74, 6) is 1.08. The standard InChI is InChI=1S/C15H11ClO3/c16-12-5-1-3-10-9-14(19-15(10)12)13(17)7-6-11-4-2-8-18-11/h1-5,8-9H,6-7H2. The second-order valence-corrected chi connectivity index (χ2v) is 4.68. The number of furan rings is 2. The Morgan fingerprint density at radius 3 is 2.84 bits per heavy atom. The summed E-state index contributed by atoms with van der Waals surface area (Å²) in [4.78, 5) is 12.0. The van der Waals surface area contributed by atoms with E-state index in [1.807, 2.05) is 18.2 Å². The molecule has 2 heterocycles. The Morgan fingerprint density at radius 1 is 1.21 bits per heavy atom. The van der Waals surface area contributed by atoms with Gasteiger partial charge in [0.1, 0.15) is 5.76 Å². The summed E-state index contributed by atoms with van der Waals surface area (Å²) in [6.45, 7) is 0. The highest BCUT2D eigenvalue weighted by atomic mass is 35.5. The molecule has 0 fully saturated rings. The van der Waals surface area contributed by atoms with Crippen LogP contribution in [0, 0.1) is 0 Å². The third-order valence-corrected chi connectivity index (χ3v) is 3.25. The van der Waals surface area contributed by atoms with Crippen molar-refractivity contribution in [3.05, 3.63) is 59.2 Å². The highest BCUT2D eigenvalue weighted by molar-refractivity contribution is 6.34. The van der Waals surface area contributed by atoms with Crippen LogP contribution in [-0.2, 0) is 6.42 Å². The van der Waals surface area contributed by atoms with Crippen LogP contribution in [0.2, 0.25) is 5.02 Å². The zero-order chi connectivity index (χ0) is 13.2. The Kier molecular flexibility index (Phi) is 3.13. The van der Waals surface area contributed by atoms with Gasteiger partial charge in [0, 0.05) is 18.2 Å². The molecule has 3 rings (SSSR count). The molecule has 0 radical (unpaired) electrons. The van der Waals surface area contributed by atoms with Gasteiger partial charge in [0.25, 0.3) is 0 Å². The van der Waals surface area contributed by atoms with Gasteiger partial charge in [-0.25, -0.2) is 0 Å². The maximum Gasteiger partial charge on any atom is 0.198 e. The maximum absolute atomic E-state index is 12.0. The van der Waals surface area contributed by atoms with Crippen molar-refractivity contribution >= 4 is 28.4 Å². The molecule has 1 aromatic carbocycles.